The lowest BCUT2D eigenvalue weighted by atomic mass is 10.1. The zero-order chi connectivity index (χ0) is 19.4. The molecule has 0 aliphatic heterocycles. The number of nitrogens with one attached hydrogen (secondary N) is 1. The number of quaternary nitrogens is 1. The van der Waals surface area contributed by atoms with Gasteiger partial charge in [0.25, 0.3) is 5.91 Å². The minimum atomic E-state index is -0.0623. The first-order valence-electron chi connectivity index (χ1n) is 8.96. The van der Waals surface area contributed by atoms with E-state index in [1.54, 1.807) is 0 Å². The van der Waals surface area contributed by atoms with Crippen LogP contribution in [-0.4, -0.2) is 22.2 Å². The average Bonchev–Trinajstić information content (AvgIpc) is 2.95. The fourth-order valence-electron chi connectivity index (χ4n) is 3.09. The molecule has 0 aliphatic rings. The molecule has 5 nitrogen and oxygen atoms in total. The third kappa shape index (κ3) is 4.38. The van der Waals surface area contributed by atoms with Gasteiger partial charge in [0, 0.05) is 10.6 Å². The van der Waals surface area contributed by atoms with E-state index in [1.165, 1.54) is 0 Å². The van der Waals surface area contributed by atoms with Crippen LogP contribution < -0.4 is 10.6 Å². The predicted octanol–water partition coefficient (Wildman–Crippen LogP) is 3.41. The Morgan fingerprint density at radius 2 is 1.81 bits per heavy atom. The Hall–Kier alpha value is -2.63. The highest BCUT2D eigenvalue weighted by Crippen LogP contribution is 2.22. The monoisotopic (exact) mass is 383 g/mol. The van der Waals surface area contributed by atoms with Crippen molar-refractivity contribution < 1.29 is 10.1 Å². The largest absolute Gasteiger partial charge is 0.332 e. The number of aryl methyl sites for hydroxylation is 1. The highest BCUT2D eigenvalue weighted by molar-refractivity contribution is 6.31. The Labute approximate surface area is 164 Å². The van der Waals surface area contributed by atoms with Crippen LogP contribution in [0.2, 0.25) is 5.02 Å². The van der Waals surface area contributed by atoms with Gasteiger partial charge in [-0.1, -0.05) is 48.0 Å². The Kier molecular flexibility index (Phi) is 5.94. The molecule has 6 heteroatoms. The molecule has 0 aliphatic carbocycles. The number of benzene rings is 2. The number of nitrogens with zero attached hydrogens (tertiary/aromatic N) is 2. The maximum Gasteiger partial charge on any atom is 0.279 e. The number of carbonyl (C=O) groups is 1. The van der Waals surface area contributed by atoms with E-state index in [4.69, 9.17) is 11.6 Å². The third-order valence-corrected chi connectivity index (χ3v) is 4.95. The van der Waals surface area contributed by atoms with Gasteiger partial charge in [0.05, 0.1) is 22.8 Å². The highest BCUT2D eigenvalue weighted by atomic mass is 35.5. The Morgan fingerprint density at radius 3 is 2.52 bits per heavy atom. The SMILES string of the molecule is Cc1nn(-c2ccccc2)c(C)c1NC(=O)C[NH2+][C@H](C)c1ccccc1Cl. The Morgan fingerprint density at radius 1 is 1.15 bits per heavy atom. The second-order valence-electron chi connectivity index (χ2n) is 6.59. The standard InChI is InChI=1S/C21H23ClN4O/c1-14(18-11-7-8-12-19(18)22)23-13-20(27)24-21-15(2)25-26(16(21)3)17-9-5-4-6-10-17/h4-12,14,23H,13H2,1-3H3,(H,24,27)/p+1/t14-/m1/s1. The molecule has 3 aromatic rings. The van der Waals surface area contributed by atoms with Crippen LogP contribution >= 0.6 is 11.6 Å². The summed E-state index contributed by atoms with van der Waals surface area (Å²) in [4.78, 5) is 12.5. The van der Waals surface area contributed by atoms with Crippen LogP contribution in [0, 0.1) is 13.8 Å². The first-order chi connectivity index (χ1) is 13.0. The number of aromatic nitrogens is 2. The molecule has 1 amide bonds. The number of amides is 1. The summed E-state index contributed by atoms with van der Waals surface area (Å²) < 4.78 is 1.85. The van der Waals surface area contributed by atoms with E-state index < -0.39 is 0 Å². The van der Waals surface area contributed by atoms with Crippen LogP contribution in [0.25, 0.3) is 5.69 Å². The molecule has 0 saturated heterocycles. The van der Waals surface area contributed by atoms with Crippen molar-refractivity contribution in [2.45, 2.75) is 26.8 Å². The number of anilines is 1. The second kappa shape index (κ2) is 8.37. The van der Waals surface area contributed by atoms with Crippen molar-refractivity contribution >= 4 is 23.2 Å². The minimum absolute atomic E-state index is 0.0623. The summed E-state index contributed by atoms with van der Waals surface area (Å²) in [7, 11) is 0. The van der Waals surface area contributed by atoms with Gasteiger partial charge in [-0.3, -0.25) is 4.79 Å². The summed E-state index contributed by atoms with van der Waals surface area (Å²) in [6.45, 7) is 6.21. The van der Waals surface area contributed by atoms with Gasteiger partial charge in [0.2, 0.25) is 0 Å². The lowest BCUT2D eigenvalue weighted by Crippen LogP contribution is -2.86. The van der Waals surface area contributed by atoms with Gasteiger partial charge >= 0.3 is 0 Å². The van der Waals surface area contributed by atoms with Crippen molar-refractivity contribution in [3.63, 3.8) is 0 Å². The van der Waals surface area contributed by atoms with Crippen LogP contribution in [0.1, 0.15) is 29.9 Å². The summed E-state index contributed by atoms with van der Waals surface area (Å²) in [5.41, 5.74) is 4.46. The molecule has 140 valence electrons. The summed E-state index contributed by atoms with van der Waals surface area (Å²) in [6.07, 6.45) is 0. The van der Waals surface area contributed by atoms with Gasteiger partial charge in [0.1, 0.15) is 6.04 Å². The lowest BCUT2D eigenvalue weighted by molar-refractivity contribution is -0.682. The fraction of sp³-hybridized carbons (Fsp3) is 0.238. The molecule has 0 spiro atoms. The van der Waals surface area contributed by atoms with Crippen LogP contribution in [0.15, 0.2) is 54.6 Å². The van der Waals surface area contributed by atoms with Gasteiger partial charge < -0.3 is 10.6 Å². The third-order valence-electron chi connectivity index (χ3n) is 4.61. The predicted molar refractivity (Wildman–Crippen MR) is 108 cm³/mol. The first-order valence-corrected chi connectivity index (χ1v) is 9.34. The van der Waals surface area contributed by atoms with Crippen LogP contribution in [-0.2, 0) is 4.79 Å². The first kappa shape index (κ1) is 19.1. The van der Waals surface area contributed by atoms with Crippen molar-refractivity contribution in [2.75, 3.05) is 11.9 Å². The molecule has 3 N–H and O–H groups in total. The summed E-state index contributed by atoms with van der Waals surface area (Å²) in [5, 5.41) is 10.3. The quantitative estimate of drug-likeness (QED) is 0.685. The van der Waals surface area contributed by atoms with Crippen molar-refractivity contribution in [1.82, 2.24) is 9.78 Å². The minimum Gasteiger partial charge on any atom is -0.332 e. The number of carbonyl (C=O) groups excluding carboxylic acids is 1. The number of hydrogen-bond acceptors (Lipinski definition) is 2. The molecule has 0 radical (unpaired) electrons. The topological polar surface area (TPSA) is 63.5 Å². The number of nitrogens with two attached hydrogens (primary N) is 1. The van der Waals surface area contributed by atoms with Crippen molar-refractivity contribution in [2.24, 2.45) is 0 Å². The molecular weight excluding hydrogens is 360 g/mol. The van der Waals surface area contributed by atoms with E-state index in [0.717, 1.165) is 33.3 Å². The maximum atomic E-state index is 12.5. The Balaban J connectivity index is 1.66. The molecule has 3 rings (SSSR count). The van der Waals surface area contributed by atoms with E-state index in [0.29, 0.717) is 6.54 Å². The summed E-state index contributed by atoms with van der Waals surface area (Å²) in [5.74, 6) is -0.0623. The van der Waals surface area contributed by atoms with Crippen molar-refractivity contribution in [1.29, 1.82) is 0 Å². The number of halogens is 1. The molecular formula is C21H24ClN4O+. The Bertz CT molecular complexity index is 937. The molecule has 0 fully saturated rings. The van der Waals surface area contributed by atoms with Gasteiger partial charge in [-0.2, -0.15) is 5.10 Å². The van der Waals surface area contributed by atoms with Crippen LogP contribution in [0.3, 0.4) is 0 Å². The number of hydrogen-bond donors (Lipinski definition) is 2. The fourth-order valence-corrected chi connectivity index (χ4v) is 3.40. The van der Waals surface area contributed by atoms with E-state index in [-0.39, 0.29) is 11.9 Å². The molecule has 1 aromatic heterocycles. The van der Waals surface area contributed by atoms with Gasteiger partial charge in [-0.15, -0.1) is 0 Å². The van der Waals surface area contributed by atoms with E-state index in [1.807, 2.05) is 85.4 Å². The van der Waals surface area contributed by atoms with Crippen molar-refractivity contribution in [3.8, 4) is 5.69 Å². The molecule has 1 atom stereocenters. The average molecular weight is 384 g/mol. The van der Waals surface area contributed by atoms with Gasteiger partial charge in [-0.05, 0) is 39.0 Å². The molecule has 2 aromatic carbocycles. The van der Waals surface area contributed by atoms with Crippen LogP contribution in [0.4, 0.5) is 5.69 Å². The molecule has 1 heterocycles. The normalized spacial score (nSPS) is 12.0. The van der Waals surface area contributed by atoms with E-state index >= 15 is 0 Å². The van der Waals surface area contributed by atoms with Gasteiger partial charge in [-0.25, -0.2) is 4.68 Å². The molecule has 0 bridgehead atoms. The lowest BCUT2D eigenvalue weighted by Gasteiger charge is -2.12. The summed E-state index contributed by atoms with van der Waals surface area (Å²) in [6, 6.07) is 17.7. The maximum absolute atomic E-state index is 12.5. The highest BCUT2D eigenvalue weighted by Gasteiger charge is 2.18. The molecule has 0 saturated carbocycles. The summed E-state index contributed by atoms with van der Waals surface area (Å²) >= 11 is 6.24. The second-order valence-corrected chi connectivity index (χ2v) is 7.00. The number of rotatable bonds is 6. The zero-order valence-corrected chi connectivity index (χ0v) is 16.5. The van der Waals surface area contributed by atoms with Gasteiger partial charge in [0.15, 0.2) is 6.54 Å². The zero-order valence-electron chi connectivity index (χ0n) is 15.7. The van der Waals surface area contributed by atoms with Crippen LogP contribution in [0.5, 0.6) is 0 Å². The smallest absolute Gasteiger partial charge is 0.279 e. The molecule has 27 heavy (non-hydrogen) atoms. The van der Waals surface area contributed by atoms with Crippen molar-refractivity contribution in [3.05, 3.63) is 76.6 Å². The number of para-hydroxylation sites is 1. The van der Waals surface area contributed by atoms with E-state index in [9.17, 15) is 4.79 Å². The van der Waals surface area contributed by atoms with E-state index in [2.05, 4.69) is 10.4 Å². The molecule has 0 unspecified atom stereocenters.